The van der Waals surface area contributed by atoms with Gasteiger partial charge >= 0.3 is 0 Å². The van der Waals surface area contributed by atoms with Crippen molar-refractivity contribution in [1.29, 1.82) is 5.26 Å². The normalized spacial score (nSPS) is 11.5. The van der Waals surface area contributed by atoms with E-state index in [0.29, 0.717) is 12.1 Å². The highest BCUT2D eigenvalue weighted by Gasteiger charge is 2.16. The second-order valence-corrected chi connectivity index (χ2v) is 7.35. The van der Waals surface area contributed by atoms with Crippen molar-refractivity contribution in [2.45, 2.75) is 27.3 Å². The third-order valence-corrected chi connectivity index (χ3v) is 3.83. The molecule has 1 N–H and O–H groups in total. The lowest BCUT2D eigenvalue weighted by molar-refractivity contribution is 0.146. The number of hydrogen-bond acceptors (Lipinski definition) is 3. The van der Waals surface area contributed by atoms with Crippen LogP contribution in [-0.2, 0) is 6.54 Å². The molecular weight excluding hydrogens is 296 g/mol. The molecule has 0 atom stereocenters. The predicted molar refractivity (Wildman–Crippen MR) is 98.4 cm³/mol. The molecule has 0 aliphatic rings. The van der Waals surface area contributed by atoms with Crippen molar-refractivity contribution in [3.8, 4) is 17.2 Å². The van der Waals surface area contributed by atoms with Crippen LogP contribution in [0.3, 0.4) is 0 Å². The van der Waals surface area contributed by atoms with Gasteiger partial charge in [-0.2, -0.15) is 5.26 Å². The Morgan fingerprint density at radius 3 is 2.29 bits per heavy atom. The summed E-state index contributed by atoms with van der Waals surface area (Å²) < 4.78 is 0. The molecule has 0 fully saturated rings. The van der Waals surface area contributed by atoms with Crippen LogP contribution < -0.4 is 0 Å². The van der Waals surface area contributed by atoms with Gasteiger partial charge in [0.15, 0.2) is 0 Å². The number of nitriles is 1. The molecule has 0 unspecified atom stereocenters. The average Bonchev–Trinajstić information content (AvgIpc) is 2.54. The largest absolute Gasteiger partial charge is 0.395 e. The number of hydrogen-bond donors (Lipinski definition) is 1. The molecule has 0 heterocycles. The van der Waals surface area contributed by atoms with Gasteiger partial charge in [0.25, 0.3) is 0 Å². The van der Waals surface area contributed by atoms with E-state index in [1.165, 1.54) is 5.56 Å². The highest BCUT2D eigenvalue weighted by atomic mass is 16.3. The van der Waals surface area contributed by atoms with E-state index in [1.54, 1.807) is 0 Å². The molecular formula is C21H26N2O. The van der Waals surface area contributed by atoms with Crippen LogP contribution in [0.1, 0.15) is 31.9 Å². The fourth-order valence-electron chi connectivity index (χ4n) is 2.91. The lowest BCUT2D eigenvalue weighted by Gasteiger charge is -2.29. The lowest BCUT2D eigenvalue weighted by Crippen LogP contribution is -2.34. The summed E-state index contributed by atoms with van der Waals surface area (Å²) in [6, 6.07) is 18.3. The Kier molecular flexibility index (Phi) is 6.14. The van der Waals surface area contributed by atoms with Gasteiger partial charge in [0.2, 0.25) is 0 Å². The first kappa shape index (κ1) is 18.2. The van der Waals surface area contributed by atoms with Gasteiger partial charge in [0.1, 0.15) is 0 Å². The molecule has 0 amide bonds. The molecule has 0 bridgehead atoms. The monoisotopic (exact) mass is 322 g/mol. The van der Waals surface area contributed by atoms with Gasteiger partial charge in [0.05, 0.1) is 18.2 Å². The van der Waals surface area contributed by atoms with Crippen molar-refractivity contribution >= 4 is 0 Å². The van der Waals surface area contributed by atoms with Gasteiger partial charge in [-0.05, 0) is 28.2 Å². The van der Waals surface area contributed by atoms with Crippen LogP contribution in [0, 0.1) is 16.7 Å². The van der Waals surface area contributed by atoms with Crippen molar-refractivity contribution in [3.05, 3.63) is 59.7 Å². The zero-order valence-corrected chi connectivity index (χ0v) is 14.8. The molecule has 0 saturated carbocycles. The molecule has 3 nitrogen and oxygen atoms in total. The molecule has 0 aliphatic carbocycles. The van der Waals surface area contributed by atoms with Crippen LogP contribution in [0.15, 0.2) is 48.5 Å². The first-order chi connectivity index (χ1) is 11.4. The van der Waals surface area contributed by atoms with E-state index >= 15 is 0 Å². The second kappa shape index (κ2) is 8.10. The van der Waals surface area contributed by atoms with Crippen molar-refractivity contribution in [1.82, 2.24) is 4.90 Å². The molecule has 24 heavy (non-hydrogen) atoms. The Labute approximate surface area is 145 Å². The van der Waals surface area contributed by atoms with Crippen molar-refractivity contribution in [2.75, 3.05) is 19.7 Å². The zero-order chi connectivity index (χ0) is 17.6. The third kappa shape index (κ3) is 5.19. The van der Waals surface area contributed by atoms with E-state index < -0.39 is 0 Å². The number of nitrogens with zero attached hydrogens (tertiary/aromatic N) is 2. The molecule has 126 valence electrons. The minimum Gasteiger partial charge on any atom is -0.395 e. The predicted octanol–water partition coefficient (Wildman–Crippen LogP) is 4.07. The molecule has 0 saturated heterocycles. The summed E-state index contributed by atoms with van der Waals surface area (Å²) in [5.41, 5.74) is 4.13. The summed E-state index contributed by atoms with van der Waals surface area (Å²) in [7, 11) is 0. The highest BCUT2D eigenvalue weighted by Crippen LogP contribution is 2.24. The molecule has 0 aromatic heterocycles. The standard InChI is InChI=1S/C21H26N2O/c1-21(2,3)16-23(12-13-24)15-17-8-10-18(11-9-17)20-7-5-4-6-19(20)14-22/h4-11,24H,12-13,15-16H2,1-3H3. The van der Waals surface area contributed by atoms with Crippen molar-refractivity contribution in [3.63, 3.8) is 0 Å². The number of aliphatic hydroxyl groups is 1. The fourth-order valence-corrected chi connectivity index (χ4v) is 2.91. The molecule has 3 heteroatoms. The van der Waals surface area contributed by atoms with E-state index in [4.69, 9.17) is 0 Å². The van der Waals surface area contributed by atoms with Crippen molar-refractivity contribution in [2.24, 2.45) is 5.41 Å². The van der Waals surface area contributed by atoms with E-state index in [0.717, 1.165) is 24.2 Å². The maximum atomic E-state index is 9.29. The first-order valence-electron chi connectivity index (χ1n) is 8.34. The SMILES string of the molecule is CC(C)(C)CN(CCO)Cc1ccc(-c2ccccc2C#N)cc1. The zero-order valence-electron chi connectivity index (χ0n) is 14.8. The summed E-state index contributed by atoms with van der Waals surface area (Å²) in [6.45, 7) is 9.22. The maximum absolute atomic E-state index is 9.29. The number of benzene rings is 2. The molecule has 2 aromatic carbocycles. The topological polar surface area (TPSA) is 47.3 Å². The van der Waals surface area contributed by atoms with Gasteiger partial charge in [0, 0.05) is 19.6 Å². The first-order valence-corrected chi connectivity index (χ1v) is 8.34. The van der Waals surface area contributed by atoms with Crippen LogP contribution >= 0.6 is 0 Å². The van der Waals surface area contributed by atoms with E-state index in [1.807, 2.05) is 24.3 Å². The molecule has 0 spiro atoms. The van der Waals surface area contributed by atoms with Gasteiger partial charge in [-0.1, -0.05) is 63.2 Å². The minimum atomic E-state index is 0.170. The third-order valence-electron chi connectivity index (χ3n) is 3.83. The Bertz CT molecular complexity index is 693. The average molecular weight is 322 g/mol. The highest BCUT2D eigenvalue weighted by molar-refractivity contribution is 5.70. The fraction of sp³-hybridized carbons (Fsp3) is 0.381. The van der Waals surface area contributed by atoms with Crippen LogP contribution in [0.4, 0.5) is 0 Å². The Morgan fingerprint density at radius 1 is 1.04 bits per heavy atom. The van der Waals surface area contributed by atoms with E-state index in [9.17, 15) is 10.4 Å². The summed E-state index contributed by atoms with van der Waals surface area (Å²) in [5.74, 6) is 0. The van der Waals surface area contributed by atoms with Crippen LogP contribution in [-0.4, -0.2) is 29.7 Å². The molecule has 0 radical (unpaired) electrons. The molecule has 0 aliphatic heterocycles. The lowest BCUT2D eigenvalue weighted by atomic mass is 9.95. The van der Waals surface area contributed by atoms with Crippen molar-refractivity contribution < 1.29 is 5.11 Å². The van der Waals surface area contributed by atoms with Crippen LogP contribution in [0.2, 0.25) is 0 Å². The smallest absolute Gasteiger partial charge is 0.0998 e. The maximum Gasteiger partial charge on any atom is 0.0998 e. The van der Waals surface area contributed by atoms with Gasteiger partial charge in [-0.15, -0.1) is 0 Å². The van der Waals surface area contributed by atoms with Gasteiger partial charge < -0.3 is 5.11 Å². The second-order valence-electron chi connectivity index (χ2n) is 7.35. The Morgan fingerprint density at radius 2 is 1.71 bits per heavy atom. The Hall–Kier alpha value is -2.15. The summed E-state index contributed by atoms with van der Waals surface area (Å²) >= 11 is 0. The Balaban J connectivity index is 2.15. The van der Waals surface area contributed by atoms with Gasteiger partial charge in [-0.25, -0.2) is 0 Å². The summed E-state index contributed by atoms with van der Waals surface area (Å²) in [4.78, 5) is 2.28. The number of aliphatic hydroxyl groups excluding tert-OH is 1. The molecule has 2 rings (SSSR count). The van der Waals surface area contributed by atoms with Crippen LogP contribution in [0.5, 0.6) is 0 Å². The summed E-state index contributed by atoms with van der Waals surface area (Å²) in [6.07, 6.45) is 0. The van der Waals surface area contributed by atoms with E-state index in [2.05, 4.69) is 56.0 Å². The van der Waals surface area contributed by atoms with E-state index in [-0.39, 0.29) is 12.0 Å². The molecule has 2 aromatic rings. The van der Waals surface area contributed by atoms with Gasteiger partial charge in [-0.3, -0.25) is 4.90 Å². The minimum absolute atomic E-state index is 0.170. The summed E-state index contributed by atoms with van der Waals surface area (Å²) in [5, 5.41) is 18.5. The number of rotatable bonds is 6. The van der Waals surface area contributed by atoms with Crippen LogP contribution in [0.25, 0.3) is 11.1 Å². The quantitative estimate of drug-likeness (QED) is 0.872.